The standard InChI is InChI=1S/C20H23N5O7/c1-11(10-31-3)21-20(26)19-12(2)18-15(5-4-6-17(18)32-19)23-22-14-8-7-13(24(27)28)9-16(14)25(29)30/h7-9,11,22H,4-6,10H2,1-3H3,(H,21,26)/b23-15+. The summed E-state index contributed by atoms with van der Waals surface area (Å²) in [5.41, 5.74) is 3.72. The van der Waals surface area contributed by atoms with Crippen LogP contribution >= 0.6 is 0 Å². The number of nitrogens with one attached hydrogen (secondary N) is 2. The average Bonchev–Trinajstić information content (AvgIpc) is 3.09. The van der Waals surface area contributed by atoms with E-state index in [0.717, 1.165) is 18.6 Å². The predicted molar refractivity (Wildman–Crippen MR) is 115 cm³/mol. The SMILES string of the molecule is COCC(C)NC(=O)c1oc2c(c1C)/C(=N/Nc1ccc([N+](=O)[O-])cc1[N+](=O)[O-])CCC2. The molecule has 170 valence electrons. The summed E-state index contributed by atoms with van der Waals surface area (Å²) >= 11 is 0. The quantitative estimate of drug-likeness (QED) is 0.462. The van der Waals surface area contributed by atoms with Crippen molar-refractivity contribution >= 4 is 28.7 Å². The van der Waals surface area contributed by atoms with Gasteiger partial charge in [0, 0.05) is 36.8 Å². The molecule has 1 aliphatic rings. The summed E-state index contributed by atoms with van der Waals surface area (Å²) in [7, 11) is 1.55. The first-order valence-corrected chi connectivity index (χ1v) is 9.90. The number of nitro benzene ring substituents is 2. The van der Waals surface area contributed by atoms with Crippen molar-refractivity contribution in [2.45, 2.75) is 39.2 Å². The smallest absolute Gasteiger partial charge is 0.301 e. The van der Waals surface area contributed by atoms with Gasteiger partial charge in [-0.3, -0.25) is 30.4 Å². The highest BCUT2D eigenvalue weighted by atomic mass is 16.6. The van der Waals surface area contributed by atoms with E-state index < -0.39 is 15.5 Å². The Hall–Kier alpha value is -3.80. The van der Waals surface area contributed by atoms with Crippen LogP contribution in [0.15, 0.2) is 27.7 Å². The Morgan fingerprint density at radius 2 is 2.03 bits per heavy atom. The van der Waals surface area contributed by atoms with E-state index in [9.17, 15) is 25.0 Å². The van der Waals surface area contributed by atoms with Gasteiger partial charge in [-0.1, -0.05) is 0 Å². The number of methoxy groups -OCH3 is 1. The zero-order valence-corrected chi connectivity index (χ0v) is 17.8. The van der Waals surface area contributed by atoms with Crippen LogP contribution in [-0.4, -0.2) is 41.2 Å². The molecule has 32 heavy (non-hydrogen) atoms. The number of nitrogens with zero attached hydrogens (tertiary/aromatic N) is 3. The molecule has 0 radical (unpaired) electrons. The van der Waals surface area contributed by atoms with Crippen LogP contribution in [0.2, 0.25) is 0 Å². The molecule has 1 amide bonds. The molecule has 0 bridgehead atoms. The molecule has 1 atom stereocenters. The molecule has 1 aromatic carbocycles. The number of carbonyl (C=O) groups excluding carboxylic acids is 1. The third-order valence-corrected chi connectivity index (χ3v) is 5.03. The van der Waals surface area contributed by atoms with Crippen molar-refractivity contribution in [3.8, 4) is 0 Å². The number of rotatable bonds is 8. The molecule has 0 saturated carbocycles. The Labute approximate surface area is 182 Å². The van der Waals surface area contributed by atoms with E-state index in [0.29, 0.717) is 42.0 Å². The van der Waals surface area contributed by atoms with E-state index in [1.54, 1.807) is 14.0 Å². The molecule has 0 saturated heterocycles. The summed E-state index contributed by atoms with van der Waals surface area (Å²) in [5, 5.41) is 29.4. The number of amides is 1. The highest BCUT2D eigenvalue weighted by Gasteiger charge is 2.29. The highest BCUT2D eigenvalue weighted by molar-refractivity contribution is 6.06. The van der Waals surface area contributed by atoms with E-state index in [4.69, 9.17) is 9.15 Å². The predicted octanol–water partition coefficient (Wildman–Crippen LogP) is 3.32. The second-order valence-corrected chi connectivity index (χ2v) is 7.42. The lowest BCUT2D eigenvalue weighted by Crippen LogP contribution is -2.35. The molecule has 0 spiro atoms. The Morgan fingerprint density at radius 1 is 1.28 bits per heavy atom. The molecule has 1 aliphatic carbocycles. The Bertz CT molecular complexity index is 1090. The molecule has 0 aliphatic heterocycles. The van der Waals surface area contributed by atoms with Crippen LogP contribution in [0.25, 0.3) is 0 Å². The van der Waals surface area contributed by atoms with Crippen LogP contribution < -0.4 is 10.7 Å². The van der Waals surface area contributed by atoms with Crippen molar-refractivity contribution in [1.82, 2.24) is 5.32 Å². The summed E-state index contributed by atoms with van der Waals surface area (Å²) in [5.74, 6) is 0.450. The topological polar surface area (TPSA) is 162 Å². The van der Waals surface area contributed by atoms with E-state index in [2.05, 4.69) is 15.8 Å². The van der Waals surface area contributed by atoms with Gasteiger partial charge >= 0.3 is 5.69 Å². The molecule has 1 unspecified atom stereocenters. The van der Waals surface area contributed by atoms with Crippen molar-refractivity contribution in [2.24, 2.45) is 5.10 Å². The summed E-state index contributed by atoms with van der Waals surface area (Å²) in [6, 6.07) is 3.07. The van der Waals surface area contributed by atoms with Gasteiger partial charge in [0.2, 0.25) is 0 Å². The van der Waals surface area contributed by atoms with Gasteiger partial charge < -0.3 is 14.5 Å². The van der Waals surface area contributed by atoms with E-state index in [-0.39, 0.29) is 29.1 Å². The molecule has 0 fully saturated rings. The van der Waals surface area contributed by atoms with Crippen LogP contribution in [0.3, 0.4) is 0 Å². The lowest BCUT2D eigenvalue weighted by molar-refractivity contribution is -0.393. The monoisotopic (exact) mass is 445 g/mol. The number of furan rings is 1. The molecule has 2 aromatic rings. The van der Waals surface area contributed by atoms with Gasteiger partial charge in [-0.25, -0.2) is 0 Å². The number of aryl methyl sites for hydroxylation is 1. The van der Waals surface area contributed by atoms with Gasteiger partial charge in [-0.15, -0.1) is 0 Å². The zero-order valence-electron chi connectivity index (χ0n) is 17.8. The number of hydrogen-bond acceptors (Lipinski definition) is 9. The van der Waals surface area contributed by atoms with Gasteiger partial charge in [0.1, 0.15) is 11.4 Å². The van der Waals surface area contributed by atoms with Crippen molar-refractivity contribution in [3.63, 3.8) is 0 Å². The number of carbonyl (C=O) groups is 1. The number of hydrogen-bond donors (Lipinski definition) is 2. The lowest BCUT2D eigenvalue weighted by Gasteiger charge is -2.14. The van der Waals surface area contributed by atoms with Gasteiger partial charge in [-0.05, 0) is 32.8 Å². The Morgan fingerprint density at radius 3 is 2.69 bits per heavy atom. The van der Waals surface area contributed by atoms with Gasteiger partial charge in [0.15, 0.2) is 5.76 Å². The number of nitro groups is 2. The van der Waals surface area contributed by atoms with Crippen LogP contribution in [0.1, 0.15) is 47.2 Å². The number of fused-ring (bicyclic) bond motifs is 1. The minimum Gasteiger partial charge on any atom is -0.455 e. The molecule has 3 rings (SSSR count). The minimum atomic E-state index is -0.714. The first-order valence-electron chi connectivity index (χ1n) is 9.90. The van der Waals surface area contributed by atoms with Crippen LogP contribution in [0, 0.1) is 27.2 Å². The number of ether oxygens (including phenoxy) is 1. The number of hydrazone groups is 1. The molecule has 1 heterocycles. The fourth-order valence-corrected chi connectivity index (χ4v) is 3.58. The van der Waals surface area contributed by atoms with E-state index in [1.807, 2.05) is 6.92 Å². The first kappa shape index (κ1) is 22.9. The van der Waals surface area contributed by atoms with Crippen LogP contribution in [-0.2, 0) is 11.2 Å². The average molecular weight is 445 g/mol. The molecule has 12 nitrogen and oxygen atoms in total. The number of non-ortho nitro benzene ring substituents is 1. The van der Waals surface area contributed by atoms with Crippen molar-refractivity contribution in [1.29, 1.82) is 0 Å². The fraction of sp³-hybridized carbons (Fsp3) is 0.400. The third kappa shape index (κ3) is 4.75. The van der Waals surface area contributed by atoms with Crippen molar-refractivity contribution < 1.29 is 23.8 Å². The maximum absolute atomic E-state index is 12.6. The van der Waals surface area contributed by atoms with Crippen LogP contribution in [0.5, 0.6) is 0 Å². The second-order valence-electron chi connectivity index (χ2n) is 7.42. The zero-order chi connectivity index (χ0) is 23.4. The third-order valence-electron chi connectivity index (χ3n) is 5.03. The second kappa shape index (κ2) is 9.56. The Balaban J connectivity index is 1.90. The van der Waals surface area contributed by atoms with Crippen molar-refractivity contribution in [2.75, 3.05) is 19.1 Å². The summed E-state index contributed by atoms with van der Waals surface area (Å²) in [4.78, 5) is 33.4. The summed E-state index contributed by atoms with van der Waals surface area (Å²) in [6.07, 6.45) is 1.93. The minimum absolute atomic E-state index is 0.0210. The summed E-state index contributed by atoms with van der Waals surface area (Å²) < 4.78 is 10.9. The first-order chi connectivity index (χ1) is 15.2. The van der Waals surface area contributed by atoms with Crippen LogP contribution in [0.4, 0.5) is 17.1 Å². The maximum Gasteiger partial charge on any atom is 0.301 e. The van der Waals surface area contributed by atoms with Gasteiger partial charge in [-0.2, -0.15) is 5.10 Å². The normalized spacial score (nSPS) is 15.2. The van der Waals surface area contributed by atoms with E-state index >= 15 is 0 Å². The molecule has 1 aromatic heterocycles. The number of benzene rings is 1. The molecule has 12 heteroatoms. The number of anilines is 1. The molecular weight excluding hydrogens is 422 g/mol. The summed E-state index contributed by atoms with van der Waals surface area (Å²) in [6.45, 7) is 3.93. The molecule has 2 N–H and O–H groups in total. The van der Waals surface area contributed by atoms with E-state index in [1.165, 1.54) is 6.07 Å². The maximum atomic E-state index is 12.6. The largest absolute Gasteiger partial charge is 0.455 e. The fourth-order valence-electron chi connectivity index (χ4n) is 3.58. The van der Waals surface area contributed by atoms with Gasteiger partial charge in [0.05, 0.1) is 28.2 Å². The Kier molecular flexibility index (Phi) is 6.83. The van der Waals surface area contributed by atoms with Gasteiger partial charge in [0.25, 0.3) is 11.6 Å². The van der Waals surface area contributed by atoms with Crippen molar-refractivity contribution in [3.05, 3.63) is 61.1 Å². The lowest BCUT2D eigenvalue weighted by atomic mass is 9.93. The molecular formula is C20H23N5O7. The highest BCUT2D eigenvalue weighted by Crippen LogP contribution is 2.32.